The molecule has 0 fully saturated rings. The standard InChI is InChI=1S/C27H26N4O5/c1-17-22(16-29-25(32)14-18-10-11-23(34-2)24(13-18)35-3)31-27(36-17)20-8-4-5-9-21(20)30-26(33)19-7-6-12-28-15-19/h4-13,15H,14,16H2,1-3H3,(H,29,32)(H,30,33). The van der Waals surface area contributed by atoms with Crippen LogP contribution in [0.3, 0.4) is 0 Å². The average molecular weight is 487 g/mol. The highest BCUT2D eigenvalue weighted by atomic mass is 16.5. The van der Waals surface area contributed by atoms with Crippen LogP contribution in [0, 0.1) is 6.92 Å². The third-order valence-corrected chi connectivity index (χ3v) is 5.49. The summed E-state index contributed by atoms with van der Waals surface area (Å²) in [7, 11) is 3.11. The summed E-state index contributed by atoms with van der Waals surface area (Å²) < 4.78 is 16.4. The van der Waals surface area contributed by atoms with E-state index in [4.69, 9.17) is 13.9 Å². The summed E-state index contributed by atoms with van der Waals surface area (Å²) in [6, 6.07) is 16.0. The molecule has 2 N–H and O–H groups in total. The van der Waals surface area contributed by atoms with E-state index in [-0.39, 0.29) is 24.8 Å². The molecule has 2 amide bonds. The minimum Gasteiger partial charge on any atom is -0.493 e. The SMILES string of the molecule is COc1ccc(CC(=O)NCc2nc(-c3ccccc3NC(=O)c3cccnc3)oc2C)cc1OC. The van der Waals surface area contributed by atoms with Gasteiger partial charge in [-0.3, -0.25) is 14.6 Å². The van der Waals surface area contributed by atoms with Crippen LogP contribution in [0.25, 0.3) is 11.5 Å². The molecule has 0 aliphatic rings. The Bertz CT molecular complexity index is 1370. The minimum absolute atomic E-state index is 0.171. The molecule has 0 radical (unpaired) electrons. The molecule has 9 nitrogen and oxygen atoms in total. The van der Waals surface area contributed by atoms with Crippen LogP contribution in [0.2, 0.25) is 0 Å². The van der Waals surface area contributed by atoms with E-state index in [0.29, 0.717) is 45.7 Å². The van der Waals surface area contributed by atoms with Gasteiger partial charge in [0.15, 0.2) is 11.5 Å². The molecule has 36 heavy (non-hydrogen) atoms. The number of carbonyl (C=O) groups is 2. The van der Waals surface area contributed by atoms with Crippen LogP contribution >= 0.6 is 0 Å². The Labute approximate surface area is 208 Å². The van der Waals surface area contributed by atoms with Crippen molar-refractivity contribution in [1.82, 2.24) is 15.3 Å². The molecule has 9 heteroatoms. The monoisotopic (exact) mass is 486 g/mol. The number of aryl methyl sites for hydroxylation is 1. The minimum atomic E-state index is -0.290. The van der Waals surface area contributed by atoms with Gasteiger partial charge in [-0.15, -0.1) is 0 Å². The number of para-hydroxylation sites is 1. The Kier molecular flexibility index (Phi) is 7.60. The number of methoxy groups -OCH3 is 2. The second-order valence-electron chi connectivity index (χ2n) is 7.91. The van der Waals surface area contributed by atoms with E-state index >= 15 is 0 Å². The van der Waals surface area contributed by atoms with Crippen LogP contribution in [-0.2, 0) is 17.8 Å². The average Bonchev–Trinajstić information content (AvgIpc) is 3.28. The number of nitrogens with one attached hydrogen (secondary N) is 2. The molecule has 0 spiro atoms. The Balaban J connectivity index is 1.44. The number of benzene rings is 2. The summed E-state index contributed by atoms with van der Waals surface area (Å²) in [4.78, 5) is 33.7. The van der Waals surface area contributed by atoms with Crippen molar-refractivity contribution >= 4 is 17.5 Å². The third-order valence-electron chi connectivity index (χ3n) is 5.49. The smallest absolute Gasteiger partial charge is 0.257 e. The predicted octanol–water partition coefficient (Wildman–Crippen LogP) is 4.17. The van der Waals surface area contributed by atoms with Gasteiger partial charge in [0.1, 0.15) is 11.5 Å². The van der Waals surface area contributed by atoms with Gasteiger partial charge in [0.25, 0.3) is 5.91 Å². The normalized spacial score (nSPS) is 10.5. The lowest BCUT2D eigenvalue weighted by atomic mass is 10.1. The van der Waals surface area contributed by atoms with Crippen molar-refractivity contribution in [2.75, 3.05) is 19.5 Å². The fraction of sp³-hybridized carbons (Fsp3) is 0.185. The van der Waals surface area contributed by atoms with Crippen LogP contribution < -0.4 is 20.1 Å². The molecule has 0 bridgehead atoms. The third kappa shape index (κ3) is 5.69. The molecule has 4 rings (SSSR count). The highest BCUT2D eigenvalue weighted by Crippen LogP contribution is 2.30. The number of aromatic nitrogens is 2. The van der Waals surface area contributed by atoms with Gasteiger partial charge in [-0.05, 0) is 48.9 Å². The van der Waals surface area contributed by atoms with Crippen molar-refractivity contribution in [3.8, 4) is 23.0 Å². The lowest BCUT2D eigenvalue weighted by molar-refractivity contribution is -0.120. The van der Waals surface area contributed by atoms with Crippen LogP contribution in [0.15, 0.2) is 71.4 Å². The van der Waals surface area contributed by atoms with Gasteiger partial charge < -0.3 is 24.5 Å². The molecule has 0 saturated heterocycles. The number of anilines is 1. The summed E-state index contributed by atoms with van der Waals surface area (Å²) in [5.41, 5.74) is 3.01. The summed E-state index contributed by atoms with van der Waals surface area (Å²) >= 11 is 0. The largest absolute Gasteiger partial charge is 0.493 e. The van der Waals surface area contributed by atoms with Gasteiger partial charge in [0.05, 0.1) is 44.0 Å². The quantitative estimate of drug-likeness (QED) is 0.365. The first kappa shape index (κ1) is 24.5. The van der Waals surface area contributed by atoms with Crippen LogP contribution in [0.4, 0.5) is 5.69 Å². The molecule has 0 aliphatic heterocycles. The fourth-order valence-electron chi connectivity index (χ4n) is 3.60. The first-order chi connectivity index (χ1) is 17.5. The van der Waals surface area contributed by atoms with E-state index < -0.39 is 0 Å². The number of nitrogens with zero attached hydrogens (tertiary/aromatic N) is 2. The fourth-order valence-corrected chi connectivity index (χ4v) is 3.60. The molecule has 2 aromatic heterocycles. The van der Waals surface area contributed by atoms with Crippen molar-refractivity contribution in [1.29, 1.82) is 0 Å². The number of oxazole rings is 1. The van der Waals surface area contributed by atoms with E-state index in [0.717, 1.165) is 5.56 Å². The molecule has 0 atom stereocenters. The predicted molar refractivity (Wildman–Crippen MR) is 134 cm³/mol. The lowest BCUT2D eigenvalue weighted by Crippen LogP contribution is -2.25. The van der Waals surface area contributed by atoms with Gasteiger partial charge in [-0.2, -0.15) is 0 Å². The molecular formula is C27H26N4O5. The molecule has 0 unspecified atom stereocenters. The van der Waals surface area contributed by atoms with Gasteiger partial charge in [-0.1, -0.05) is 18.2 Å². The molecular weight excluding hydrogens is 460 g/mol. The zero-order chi connectivity index (χ0) is 25.5. The maximum atomic E-state index is 12.6. The molecule has 0 aliphatic carbocycles. The maximum absolute atomic E-state index is 12.6. The first-order valence-electron chi connectivity index (χ1n) is 11.2. The van der Waals surface area contributed by atoms with Crippen LogP contribution in [0.5, 0.6) is 11.5 Å². The number of pyridine rings is 1. The number of ether oxygens (including phenoxy) is 2. The zero-order valence-corrected chi connectivity index (χ0v) is 20.2. The Morgan fingerprint density at radius 2 is 1.81 bits per heavy atom. The summed E-state index contributed by atoms with van der Waals surface area (Å²) in [5.74, 6) is 1.62. The van der Waals surface area contributed by atoms with E-state index in [2.05, 4.69) is 20.6 Å². The Hall–Kier alpha value is -4.66. The summed E-state index contributed by atoms with van der Waals surface area (Å²) in [5, 5.41) is 5.76. The number of rotatable bonds is 9. The highest BCUT2D eigenvalue weighted by molar-refractivity contribution is 6.05. The zero-order valence-electron chi connectivity index (χ0n) is 20.2. The number of hydrogen-bond donors (Lipinski definition) is 2. The van der Waals surface area contributed by atoms with Crippen molar-refractivity contribution in [3.63, 3.8) is 0 Å². The van der Waals surface area contributed by atoms with Crippen LogP contribution in [0.1, 0.15) is 27.4 Å². The van der Waals surface area contributed by atoms with E-state index in [1.165, 1.54) is 6.20 Å². The molecule has 2 aromatic carbocycles. The Morgan fingerprint density at radius 3 is 2.56 bits per heavy atom. The van der Waals surface area contributed by atoms with Gasteiger partial charge in [0.2, 0.25) is 11.8 Å². The Morgan fingerprint density at radius 1 is 1.00 bits per heavy atom. The number of hydrogen-bond acceptors (Lipinski definition) is 7. The molecule has 184 valence electrons. The van der Waals surface area contributed by atoms with Gasteiger partial charge in [-0.25, -0.2) is 4.98 Å². The van der Waals surface area contributed by atoms with E-state index in [1.807, 2.05) is 24.3 Å². The summed E-state index contributed by atoms with van der Waals surface area (Å²) in [6.45, 7) is 1.98. The molecule has 0 saturated carbocycles. The lowest BCUT2D eigenvalue weighted by Gasteiger charge is -2.09. The van der Waals surface area contributed by atoms with Gasteiger partial charge >= 0.3 is 0 Å². The van der Waals surface area contributed by atoms with Gasteiger partial charge in [0, 0.05) is 12.4 Å². The second kappa shape index (κ2) is 11.2. The van der Waals surface area contributed by atoms with E-state index in [9.17, 15) is 9.59 Å². The van der Waals surface area contributed by atoms with Crippen molar-refractivity contribution in [3.05, 3.63) is 89.6 Å². The van der Waals surface area contributed by atoms with Crippen molar-refractivity contribution in [2.24, 2.45) is 0 Å². The first-order valence-corrected chi connectivity index (χ1v) is 11.2. The number of amides is 2. The highest BCUT2D eigenvalue weighted by Gasteiger charge is 2.17. The second-order valence-corrected chi connectivity index (χ2v) is 7.91. The van der Waals surface area contributed by atoms with E-state index in [1.54, 1.807) is 57.7 Å². The van der Waals surface area contributed by atoms with Crippen molar-refractivity contribution in [2.45, 2.75) is 19.9 Å². The molecule has 4 aromatic rings. The number of carbonyl (C=O) groups excluding carboxylic acids is 2. The molecule has 2 heterocycles. The van der Waals surface area contributed by atoms with Crippen LogP contribution in [-0.4, -0.2) is 36.0 Å². The maximum Gasteiger partial charge on any atom is 0.257 e. The summed E-state index contributed by atoms with van der Waals surface area (Å²) in [6.07, 6.45) is 3.28. The van der Waals surface area contributed by atoms with Crippen molar-refractivity contribution < 1.29 is 23.5 Å². The topological polar surface area (TPSA) is 116 Å².